The molecule has 0 radical (unpaired) electrons. The quantitative estimate of drug-likeness (QED) is 0.838. The number of ether oxygens (including phenoxy) is 1. The van der Waals surface area contributed by atoms with Crippen molar-refractivity contribution in [2.75, 3.05) is 10.2 Å². The molecular formula is C16H20N2O4. The molecule has 1 atom stereocenters. The molecule has 0 aromatic heterocycles. The number of carboxylic acids is 1. The third-order valence-corrected chi connectivity index (χ3v) is 3.24. The summed E-state index contributed by atoms with van der Waals surface area (Å²) in [4.78, 5) is 25.6. The average Bonchev–Trinajstić information content (AvgIpc) is 2.72. The molecule has 1 aliphatic rings. The molecule has 1 aromatic rings. The van der Waals surface area contributed by atoms with Gasteiger partial charge in [-0.3, -0.25) is 0 Å². The molecule has 0 saturated carbocycles. The van der Waals surface area contributed by atoms with Gasteiger partial charge < -0.3 is 15.2 Å². The van der Waals surface area contributed by atoms with E-state index in [1.54, 1.807) is 45.0 Å². The number of aliphatic carboxylic acids is 1. The molecule has 1 unspecified atom stereocenters. The highest BCUT2D eigenvalue weighted by Crippen LogP contribution is 2.42. The highest BCUT2D eigenvalue weighted by molar-refractivity contribution is 6.06. The molecule has 0 saturated heterocycles. The van der Waals surface area contributed by atoms with Gasteiger partial charge in [-0.15, -0.1) is 6.58 Å². The van der Waals surface area contributed by atoms with Crippen molar-refractivity contribution in [1.82, 2.24) is 0 Å². The van der Waals surface area contributed by atoms with Gasteiger partial charge >= 0.3 is 12.1 Å². The standard InChI is InChI=1S/C16H20N2O4/c1-5-10-16(13(19)20)17-11-8-6-7-9-12(11)18(16)14(21)22-15(2,3)4/h5-9,17H,1,10H2,2-4H3,(H,19,20). The van der Waals surface area contributed by atoms with Crippen LogP contribution >= 0.6 is 0 Å². The summed E-state index contributed by atoms with van der Waals surface area (Å²) in [6, 6.07) is 6.91. The number of benzene rings is 1. The molecule has 1 aliphatic heterocycles. The molecule has 1 heterocycles. The van der Waals surface area contributed by atoms with E-state index in [1.807, 2.05) is 0 Å². The Morgan fingerprint density at radius 2 is 2.05 bits per heavy atom. The van der Waals surface area contributed by atoms with E-state index >= 15 is 0 Å². The minimum Gasteiger partial charge on any atom is -0.478 e. The van der Waals surface area contributed by atoms with E-state index in [0.29, 0.717) is 11.4 Å². The Hall–Kier alpha value is -2.50. The molecule has 2 N–H and O–H groups in total. The van der Waals surface area contributed by atoms with Gasteiger partial charge in [0.1, 0.15) is 5.60 Å². The lowest BCUT2D eigenvalue weighted by Crippen LogP contribution is -2.59. The molecule has 1 amide bonds. The normalized spacial score (nSPS) is 20.0. The number of para-hydroxylation sites is 2. The van der Waals surface area contributed by atoms with Crippen LogP contribution in [0.1, 0.15) is 27.2 Å². The molecule has 6 heteroatoms. The van der Waals surface area contributed by atoms with Gasteiger partial charge in [-0.2, -0.15) is 0 Å². The van der Waals surface area contributed by atoms with Crippen LogP contribution in [0.15, 0.2) is 36.9 Å². The van der Waals surface area contributed by atoms with Crippen LogP contribution in [0.4, 0.5) is 16.2 Å². The summed E-state index contributed by atoms with van der Waals surface area (Å²) in [6.07, 6.45) is 0.787. The van der Waals surface area contributed by atoms with E-state index in [9.17, 15) is 14.7 Å². The van der Waals surface area contributed by atoms with Crippen molar-refractivity contribution in [1.29, 1.82) is 0 Å². The first-order valence-electron chi connectivity index (χ1n) is 6.96. The van der Waals surface area contributed by atoms with E-state index in [1.165, 1.54) is 6.08 Å². The van der Waals surface area contributed by atoms with Gasteiger partial charge in [-0.05, 0) is 32.9 Å². The van der Waals surface area contributed by atoms with Crippen LogP contribution < -0.4 is 10.2 Å². The third kappa shape index (κ3) is 2.64. The Bertz CT molecular complexity index is 621. The maximum absolute atomic E-state index is 12.6. The van der Waals surface area contributed by atoms with Crippen LogP contribution in [-0.2, 0) is 9.53 Å². The zero-order chi connectivity index (χ0) is 16.5. The molecule has 2 rings (SSSR count). The number of hydrogen-bond donors (Lipinski definition) is 2. The van der Waals surface area contributed by atoms with E-state index < -0.39 is 23.3 Å². The largest absolute Gasteiger partial charge is 0.478 e. The van der Waals surface area contributed by atoms with Crippen LogP contribution in [0, 0.1) is 0 Å². The van der Waals surface area contributed by atoms with Crippen molar-refractivity contribution >= 4 is 23.4 Å². The summed E-state index contributed by atoms with van der Waals surface area (Å²) in [6.45, 7) is 8.80. The van der Waals surface area contributed by atoms with Crippen molar-refractivity contribution in [2.24, 2.45) is 0 Å². The number of amides is 1. The minimum absolute atomic E-state index is 0.0380. The number of anilines is 2. The third-order valence-electron chi connectivity index (χ3n) is 3.24. The number of nitrogens with one attached hydrogen (secondary N) is 1. The van der Waals surface area contributed by atoms with E-state index in [4.69, 9.17) is 4.74 Å². The molecule has 118 valence electrons. The van der Waals surface area contributed by atoms with Gasteiger partial charge in [0.25, 0.3) is 0 Å². The molecule has 0 fully saturated rings. The van der Waals surface area contributed by atoms with Crippen molar-refractivity contribution in [3.63, 3.8) is 0 Å². The monoisotopic (exact) mass is 304 g/mol. The van der Waals surface area contributed by atoms with Gasteiger partial charge in [-0.25, -0.2) is 14.5 Å². The fourth-order valence-electron chi connectivity index (χ4n) is 2.41. The zero-order valence-corrected chi connectivity index (χ0v) is 12.9. The lowest BCUT2D eigenvalue weighted by Gasteiger charge is -2.35. The van der Waals surface area contributed by atoms with Gasteiger partial charge in [0.2, 0.25) is 5.66 Å². The zero-order valence-electron chi connectivity index (χ0n) is 12.9. The van der Waals surface area contributed by atoms with Gasteiger partial charge in [-0.1, -0.05) is 18.2 Å². The molecular weight excluding hydrogens is 284 g/mol. The number of carboxylic acid groups (broad SMARTS) is 1. The van der Waals surface area contributed by atoms with Crippen molar-refractivity contribution in [3.8, 4) is 0 Å². The Labute approximate surface area is 129 Å². The van der Waals surface area contributed by atoms with Crippen LogP contribution in [0.3, 0.4) is 0 Å². The van der Waals surface area contributed by atoms with E-state index in [-0.39, 0.29) is 6.42 Å². The van der Waals surface area contributed by atoms with Crippen molar-refractivity contribution in [2.45, 2.75) is 38.5 Å². The maximum Gasteiger partial charge on any atom is 0.417 e. The molecule has 0 bridgehead atoms. The Kier molecular flexibility index (Phi) is 3.87. The number of carbonyl (C=O) groups excluding carboxylic acids is 1. The Balaban J connectivity index is 2.53. The Morgan fingerprint density at radius 1 is 1.41 bits per heavy atom. The first-order chi connectivity index (χ1) is 10.2. The maximum atomic E-state index is 12.6. The predicted molar refractivity (Wildman–Crippen MR) is 84.0 cm³/mol. The SMILES string of the molecule is C=CCC1(C(=O)O)Nc2ccccc2N1C(=O)OC(C)(C)C. The number of fused-ring (bicyclic) bond motifs is 1. The summed E-state index contributed by atoms with van der Waals surface area (Å²) in [7, 11) is 0. The summed E-state index contributed by atoms with van der Waals surface area (Å²) >= 11 is 0. The second-order valence-corrected chi connectivity index (χ2v) is 6.12. The molecule has 22 heavy (non-hydrogen) atoms. The molecule has 6 nitrogen and oxygen atoms in total. The van der Waals surface area contributed by atoms with Crippen molar-refractivity contribution in [3.05, 3.63) is 36.9 Å². The summed E-state index contributed by atoms with van der Waals surface area (Å²) in [5.74, 6) is -1.17. The first-order valence-corrected chi connectivity index (χ1v) is 6.96. The lowest BCUT2D eigenvalue weighted by molar-refractivity contribution is -0.142. The van der Waals surface area contributed by atoms with Crippen LogP contribution in [0.5, 0.6) is 0 Å². The smallest absolute Gasteiger partial charge is 0.417 e. The van der Waals surface area contributed by atoms with Gasteiger partial charge in [0.05, 0.1) is 11.4 Å². The van der Waals surface area contributed by atoms with E-state index in [2.05, 4.69) is 11.9 Å². The average molecular weight is 304 g/mol. The van der Waals surface area contributed by atoms with Crippen LogP contribution in [-0.4, -0.2) is 28.4 Å². The highest BCUT2D eigenvalue weighted by Gasteiger charge is 2.53. The fourth-order valence-corrected chi connectivity index (χ4v) is 2.41. The first kappa shape index (κ1) is 15.9. The highest BCUT2D eigenvalue weighted by atomic mass is 16.6. The van der Waals surface area contributed by atoms with Crippen LogP contribution in [0.25, 0.3) is 0 Å². The minimum atomic E-state index is -1.63. The number of nitrogens with zero attached hydrogens (tertiary/aromatic N) is 1. The predicted octanol–water partition coefficient (Wildman–Crippen LogP) is 3.21. The van der Waals surface area contributed by atoms with Gasteiger partial charge in [0.15, 0.2) is 0 Å². The van der Waals surface area contributed by atoms with Crippen molar-refractivity contribution < 1.29 is 19.4 Å². The molecule has 0 aliphatic carbocycles. The Morgan fingerprint density at radius 3 is 2.59 bits per heavy atom. The molecule has 0 spiro atoms. The second kappa shape index (κ2) is 5.36. The second-order valence-electron chi connectivity index (χ2n) is 6.12. The summed E-state index contributed by atoms with van der Waals surface area (Å²) in [5.41, 5.74) is -1.32. The van der Waals surface area contributed by atoms with E-state index in [0.717, 1.165) is 4.90 Å². The lowest BCUT2D eigenvalue weighted by atomic mass is 10.1. The van der Waals surface area contributed by atoms with Crippen LogP contribution in [0.2, 0.25) is 0 Å². The number of carbonyl (C=O) groups is 2. The molecule has 1 aromatic carbocycles. The summed E-state index contributed by atoms with van der Waals surface area (Å²) in [5, 5.41) is 12.6. The number of rotatable bonds is 3. The topological polar surface area (TPSA) is 78.9 Å². The van der Waals surface area contributed by atoms with Gasteiger partial charge in [0, 0.05) is 6.42 Å². The summed E-state index contributed by atoms with van der Waals surface area (Å²) < 4.78 is 5.38. The fraction of sp³-hybridized carbons (Fsp3) is 0.375. The number of hydrogen-bond acceptors (Lipinski definition) is 4.